The fraction of sp³-hybridized carbons (Fsp3) is 0.529. The van der Waals surface area contributed by atoms with Crippen LogP contribution in [0.15, 0.2) is 30.3 Å². The number of hydrogen-bond acceptors (Lipinski definition) is 5. The van der Waals surface area contributed by atoms with Crippen molar-refractivity contribution in [3.8, 4) is 0 Å². The maximum atomic E-state index is 11.9. The Morgan fingerprint density at radius 2 is 1.67 bits per heavy atom. The van der Waals surface area contributed by atoms with Gasteiger partial charge in [-0.3, -0.25) is 0 Å². The van der Waals surface area contributed by atoms with E-state index in [1.165, 1.54) is 0 Å². The second-order valence-corrected chi connectivity index (χ2v) is 6.60. The van der Waals surface area contributed by atoms with Crippen LogP contribution < -0.4 is 10.6 Å². The standard InChI is InChI=1S/C17H24N2O5/c1-17(2,3)24-16(21)19-14-11-22-10-13(14)18-15(20)23-9-12-7-5-4-6-8-12/h4-8,13-14H,9-11H2,1-3H3,(H,18,20)(H,19,21)/t13-,14-/m1/s1. The molecule has 0 saturated carbocycles. The van der Waals surface area contributed by atoms with Gasteiger partial charge in [-0.2, -0.15) is 0 Å². The Balaban J connectivity index is 1.78. The molecule has 1 saturated heterocycles. The van der Waals surface area contributed by atoms with E-state index in [2.05, 4.69) is 10.6 Å². The minimum Gasteiger partial charge on any atom is -0.445 e. The molecule has 1 aromatic carbocycles. The molecular weight excluding hydrogens is 312 g/mol. The van der Waals surface area contributed by atoms with Crippen LogP contribution in [0, 0.1) is 0 Å². The van der Waals surface area contributed by atoms with Crippen molar-refractivity contribution in [1.82, 2.24) is 10.6 Å². The number of amides is 2. The van der Waals surface area contributed by atoms with Gasteiger partial charge >= 0.3 is 12.2 Å². The van der Waals surface area contributed by atoms with Gasteiger partial charge in [0.25, 0.3) is 0 Å². The van der Waals surface area contributed by atoms with Crippen molar-refractivity contribution in [2.24, 2.45) is 0 Å². The molecule has 1 heterocycles. The van der Waals surface area contributed by atoms with Crippen molar-refractivity contribution in [2.45, 2.75) is 45.1 Å². The van der Waals surface area contributed by atoms with Gasteiger partial charge in [0.15, 0.2) is 0 Å². The van der Waals surface area contributed by atoms with E-state index >= 15 is 0 Å². The Labute approximate surface area is 141 Å². The van der Waals surface area contributed by atoms with Crippen molar-refractivity contribution in [1.29, 1.82) is 0 Å². The third kappa shape index (κ3) is 6.08. The first-order chi connectivity index (χ1) is 11.3. The van der Waals surface area contributed by atoms with E-state index in [1.54, 1.807) is 20.8 Å². The fourth-order valence-corrected chi connectivity index (χ4v) is 2.21. The predicted octanol–water partition coefficient (Wildman–Crippen LogP) is 2.20. The molecule has 1 aromatic rings. The number of alkyl carbamates (subject to hydrolysis) is 2. The maximum absolute atomic E-state index is 11.9. The Kier molecular flexibility index (Phi) is 6.03. The minimum absolute atomic E-state index is 0.185. The van der Waals surface area contributed by atoms with Crippen molar-refractivity contribution in [2.75, 3.05) is 13.2 Å². The molecular formula is C17H24N2O5. The smallest absolute Gasteiger partial charge is 0.408 e. The molecule has 7 heteroatoms. The number of carbonyl (C=O) groups excluding carboxylic acids is 2. The molecule has 7 nitrogen and oxygen atoms in total. The molecule has 2 atom stereocenters. The molecule has 0 spiro atoms. The van der Waals surface area contributed by atoms with Crippen LogP contribution in [0.5, 0.6) is 0 Å². The summed E-state index contributed by atoms with van der Waals surface area (Å²) >= 11 is 0. The zero-order valence-corrected chi connectivity index (χ0v) is 14.2. The summed E-state index contributed by atoms with van der Waals surface area (Å²) in [6.45, 7) is 6.16. The summed E-state index contributed by atoms with van der Waals surface area (Å²) in [5.74, 6) is 0. The van der Waals surface area contributed by atoms with E-state index in [0.29, 0.717) is 13.2 Å². The Bertz CT molecular complexity index is 556. The highest BCUT2D eigenvalue weighted by atomic mass is 16.6. The van der Waals surface area contributed by atoms with Gasteiger partial charge in [-0.15, -0.1) is 0 Å². The average Bonchev–Trinajstić information content (AvgIpc) is 2.91. The number of nitrogens with one attached hydrogen (secondary N) is 2. The summed E-state index contributed by atoms with van der Waals surface area (Å²) in [6.07, 6.45) is -1.09. The molecule has 0 unspecified atom stereocenters. The molecule has 0 aliphatic carbocycles. The highest BCUT2D eigenvalue weighted by Gasteiger charge is 2.32. The van der Waals surface area contributed by atoms with Crippen LogP contribution in [0.25, 0.3) is 0 Å². The molecule has 0 radical (unpaired) electrons. The molecule has 2 N–H and O–H groups in total. The van der Waals surface area contributed by atoms with Gasteiger partial charge in [0, 0.05) is 0 Å². The highest BCUT2D eigenvalue weighted by Crippen LogP contribution is 2.10. The maximum Gasteiger partial charge on any atom is 0.408 e. The van der Waals surface area contributed by atoms with Crippen molar-refractivity contribution in [3.05, 3.63) is 35.9 Å². The molecule has 24 heavy (non-hydrogen) atoms. The van der Waals surface area contributed by atoms with Crippen LogP contribution in [0.1, 0.15) is 26.3 Å². The molecule has 0 aromatic heterocycles. The lowest BCUT2D eigenvalue weighted by Gasteiger charge is -2.24. The third-order valence-electron chi connectivity index (χ3n) is 3.30. The first kappa shape index (κ1) is 18.1. The quantitative estimate of drug-likeness (QED) is 0.880. The molecule has 2 rings (SSSR count). The van der Waals surface area contributed by atoms with Gasteiger partial charge in [-0.05, 0) is 26.3 Å². The Morgan fingerprint density at radius 1 is 1.08 bits per heavy atom. The summed E-state index contributed by atoms with van der Waals surface area (Å²) in [7, 11) is 0. The Hall–Kier alpha value is -2.28. The number of ether oxygens (including phenoxy) is 3. The van der Waals surface area contributed by atoms with E-state index in [0.717, 1.165) is 5.56 Å². The number of benzene rings is 1. The summed E-state index contributed by atoms with van der Waals surface area (Å²) in [6, 6.07) is 8.68. The van der Waals surface area contributed by atoms with Gasteiger partial charge in [-0.25, -0.2) is 9.59 Å². The van der Waals surface area contributed by atoms with E-state index in [1.807, 2.05) is 30.3 Å². The SMILES string of the molecule is CC(C)(C)OC(=O)N[C@@H]1COC[C@H]1NC(=O)OCc1ccccc1. The van der Waals surface area contributed by atoms with Crippen LogP contribution >= 0.6 is 0 Å². The van der Waals surface area contributed by atoms with Gasteiger partial charge in [-0.1, -0.05) is 30.3 Å². The highest BCUT2D eigenvalue weighted by molar-refractivity contribution is 5.70. The third-order valence-corrected chi connectivity index (χ3v) is 3.30. The number of carbonyl (C=O) groups is 2. The Morgan fingerprint density at radius 3 is 2.25 bits per heavy atom. The van der Waals surface area contributed by atoms with Crippen LogP contribution in [0.2, 0.25) is 0 Å². The van der Waals surface area contributed by atoms with Crippen LogP contribution in [0.3, 0.4) is 0 Å². The number of hydrogen-bond donors (Lipinski definition) is 2. The molecule has 2 amide bonds. The lowest BCUT2D eigenvalue weighted by molar-refractivity contribution is 0.0492. The second-order valence-electron chi connectivity index (χ2n) is 6.60. The normalized spacial score (nSPS) is 20.3. The zero-order chi connectivity index (χ0) is 17.6. The second kappa shape index (κ2) is 8.01. The largest absolute Gasteiger partial charge is 0.445 e. The molecule has 1 aliphatic rings. The van der Waals surface area contributed by atoms with Crippen molar-refractivity contribution in [3.63, 3.8) is 0 Å². The van der Waals surface area contributed by atoms with Crippen LogP contribution in [-0.2, 0) is 20.8 Å². The average molecular weight is 336 g/mol. The summed E-state index contributed by atoms with van der Waals surface area (Å²) < 4.78 is 15.7. The fourth-order valence-electron chi connectivity index (χ4n) is 2.21. The van der Waals surface area contributed by atoms with Gasteiger partial charge in [0.1, 0.15) is 12.2 Å². The molecule has 1 fully saturated rings. The van der Waals surface area contributed by atoms with E-state index in [-0.39, 0.29) is 18.7 Å². The summed E-state index contributed by atoms with van der Waals surface area (Å²) in [5, 5.41) is 5.42. The summed E-state index contributed by atoms with van der Waals surface area (Å²) in [5.41, 5.74) is 0.319. The zero-order valence-electron chi connectivity index (χ0n) is 14.2. The number of rotatable bonds is 4. The van der Waals surface area contributed by atoms with E-state index in [4.69, 9.17) is 14.2 Å². The van der Waals surface area contributed by atoms with Crippen LogP contribution in [0.4, 0.5) is 9.59 Å². The first-order valence-corrected chi connectivity index (χ1v) is 7.88. The van der Waals surface area contributed by atoms with E-state index in [9.17, 15) is 9.59 Å². The van der Waals surface area contributed by atoms with Gasteiger partial charge in [0.05, 0.1) is 25.3 Å². The van der Waals surface area contributed by atoms with Crippen molar-refractivity contribution < 1.29 is 23.8 Å². The summed E-state index contributed by atoms with van der Waals surface area (Å²) in [4.78, 5) is 23.7. The first-order valence-electron chi connectivity index (χ1n) is 7.88. The van der Waals surface area contributed by atoms with Gasteiger partial charge in [0.2, 0.25) is 0 Å². The molecule has 0 bridgehead atoms. The minimum atomic E-state index is -0.582. The van der Waals surface area contributed by atoms with Crippen molar-refractivity contribution >= 4 is 12.2 Å². The monoisotopic (exact) mass is 336 g/mol. The molecule has 132 valence electrons. The molecule has 1 aliphatic heterocycles. The lowest BCUT2D eigenvalue weighted by atomic mass is 10.2. The predicted molar refractivity (Wildman–Crippen MR) is 87.5 cm³/mol. The van der Waals surface area contributed by atoms with Crippen LogP contribution in [-0.4, -0.2) is 43.1 Å². The van der Waals surface area contributed by atoms with E-state index < -0.39 is 17.8 Å². The van der Waals surface area contributed by atoms with Gasteiger partial charge < -0.3 is 24.8 Å². The lowest BCUT2D eigenvalue weighted by Crippen LogP contribution is -2.51. The topological polar surface area (TPSA) is 85.9 Å².